The summed E-state index contributed by atoms with van der Waals surface area (Å²) in [6.45, 7) is 2.52. The number of halogens is 1. The molecule has 0 atom stereocenters. The lowest BCUT2D eigenvalue weighted by atomic mass is 10.4. The zero-order chi connectivity index (χ0) is 12.0. The van der Waals surface area contributed by atoms with Crippen LogP contribution in [0.25, 0.3) is 0 Å². The minimum atomic E-state index is -0.883. The summed E-state index contributed by atoms with van der Waals surface area (Å²) >= 11 is 5.79. The van der Waals surface area contributed by atoms with Crippen LogP contribution in [0.15, 0.2) is 6.20 Å². The third kappa shape index (κ3) is 3.90. The fourth-order valence-electron chi connectivity index (χ4n) is 0.956. The topological polar surface area (TPSA) is 84.3 Å². The van der Waals surface area contributed by atoms with E-state index < -0.39 is 5.97 Å². The highest BCUT2D eigenvalue weighted by Crippen LogP contribution is 2.21. The molecule has 88 valence electrons. The first-order valence-corrected chi connectivity index (χ1v) is 5.12. The van der Waals surface area contributed by atoms with Crippen LogP contribution in [0.4, 0.5) is 5.95 Å². The number of anilines is 1. The smallest absolute Gasteiger partial charge is 0.305 e. The Morgan fingerprint density at radius 3 is 3.06 bits per heavy atom. The Hall–Kier alpha value is -1.56. The van der Waals surface area contributed by atoms with Crippen LogP contribution in [0.2, 0.25) is 5.02 Å². The molecule has 0 aliphatic heterocycles. The van der Waals surface area contributed by atoms with Crippen molar-refractivity contribution in [1.29, 1.82) is 0 Å². The fourth-order valence-corrected chi connectivity index (χ4v) is 1.10. The Labute approximate surface area is 97.6 Å². The Bertz CT molecular complexity index is 373. The van der Waals surface area contributed by atoms with Crippen molar-refractivity contribution in [2.45, 2.75) is 13.3 Å². The highest BCUT2D eigenvalue weighted by molar-refractivity contribution is 6.31. The number of carboxylic acid groups (broad SMARTS) is 1. The van der Waals surface area contributed by atoms with Crippen LogP contribution in [0.3, 0.4) is 0 Å². The molecule has 1 aromatic heterocycles. The van der Waals surface area contributed by atoms with Crippen molar-refractivity contribution in [3.05, 3.63) is 11.2 Å². The third-order valence-electron chi connectivity index (χ3n) is 1.61. The average molecular weight is 246 g/mol. The maximum atomic E-state index is 10.3. The predicted octanol–water partition coefficient (Wildman–Crippen LogP) is 1.42. The Balaban J connectivity index is 2.60. The molecular weight excluding hydrogens is 234 g/mol. The second-order valence-electron chi connectivity index (χ2n) is 2.85. The van der Waals surface area contributed by atoms with Gasteiger partial charge in [-0.3, -0.25) is 4.79 Å². The number of hydrogen-bond acceptors (Lipinski definition) is 5. The first kappa shape index (κ1) is 12.5. The third-order valence-corrected chi connectivity index (χ3v) is 1.87. The molecule has 0 radical (unpaired) electrons. The fraction of sp³-hybridized carbons (Fsp3) is 0.444. The molecule has 0 spiro atoms. The van der Waals surface area contributed by atoms with Gasteiger partial charge in [0.1, 0.15) is 5.02 Å². The molecule has 1 aromatic rings. The van der Waals surface area contributed by atoms with Crippen LogP contribution in [-0.4, -0.2) is 34.2 Å². The lowest BCUT2D eigenvalue weighted by molar-refractivity contribution is -0.136. The van der Waals surface area contributed by atoms with Crippen molar-refractivity contribution in [2.75, 3.05) is 18.5 Å². The van der Waals surface area contributed by atoms with Gasteiger partial charge in [-0.15, -0.1) is 0 Å². The van der Waals surface area contributed by atoms with E-state index >= 15 is 0 Å². The number of carbonyl (C=O) groups is 1. The molecule has 0 bridgehead atoms. The molecule has 0 saturated carbocycles. The van der Waals surface area contributed by atoms with E-state index in [1.165, 1.54) is 6.20 Å². The molecule has 0 unspecified atom stereocenters. The minimum Gasteiger partial charge on any atom is -0.481 e. The van der Waals surface area contributed by atoms with Gasteiger partial charge in [0.25, 0.3) is 0 Å². The number of aromatic nitrogens is 2. The first-order chi connectivity index (χ1) is 7.63. The predicted molar refractivity (Wildman–Crippen MR) is 59.0 cm³/mol. The van der Waals surface area contributed by atoms with E-state index in [0.29, 0.717) is 17.6 Å². The highest BCUT2D eigenvalue weighted by atomic mass is 35.5. The van der Waals surface area contributed by atoms with Crippen molar-refractivity contribution >= 4 is 23.5 Å². The average Bonchev–Trinajstić information content (AvgIpc) is 2.22. The largest absolute Gasteiger partial charge is 0.481 e. The van der Waals surface area contributed by atoms with Gasteiger partial charge in [-0.2, -0.15) is 4.98 Å². The van der Waals surface area contributed by atoms with Gasteiger partial charge in [-0.25, -0.2) is 4.98 Å². The van der Waals surface area contributed by atoms with E-state index in [-0.39, 0.29) is 18.8 Å². The molecule has 7 heteroatoms. The van der Waals surface area contributed by atoms with Crippen molar-refractivity contribution in [3.8, 4) is 5.88 Å². The Kier molecular flexibility index (Phi) is 4.78. The molecule has 0 fully saturated rings. The summed E-state index contributed by atoms with van der Waals surface area (Å²) in [7, 11) is 0. The van der Waals surface area contributed by atoms with Crippen LogP contribution in [0, 0.1) is 0 Å². The van der Waals surface area contributed by atoms with E-state index in [2.05, 4.69) is 15.3 Å². The lowest BCUT2D eigenvalue weighted by Crippen LogP contribution is -2.10. The van der Waals surface area contributed by atoms with E-state index in [9.17, 15) is 4.79 Å². The normalized spacial score (nSPS) is 9.88. The summed E-state index contributed by atoms with van der Waals surface area (Å²) in [5.41, 5.74) is 0. The zero-order valence-corrected chi connectivity index (χ0v) is 9.49. The Morgan fingerprint density at radius 2 is 2.44 bits per heavy atom. The molecule has 0 aliphatic rings. The second kappa shape index (κ2) is 6.12. The number of hydrogen-bond donors (Lipinski definition) is 2. The second-order valence-corrected chi connectivity index (χ2v) is 3.26. The van der Waals surface area contributed by atoms with Crippen LogP contribution in [0.1, 0.15) is 13.3 Å². The summed E-state index contributed by atoms with van der Waals surface area (Å²) in [6.07, 6.45) is 1.40. The monoisotopic (exact) mass is 245 g/mol. The maximum absolute atomic E-state index is 10.3. The number of ether oxygens (including phenoxy) is 1. The highest BCUT2D eigenvalue weighted by Gasteiger charge is 2.06. The van der Waals surface area contributed by atoms with E-state index in [1.807, 2.05) is 6.92 Å². The van der Waals surface area contributed by atoms with E-state index in [1.54, 1.807) is 0 Å². The number of aliphatic carboxylic acids is 1. The van der Waals surface area contributed by atoms with Crippen molar-refractivity contribution in [1.82, 2.24) is 9.97 Å². The first-order valence-electron chi connectivity index (χ1n) is 4.74. The standard InChI is InChI=1S/C9H12ClN3O3/c1-2-16-8-6(10)5-12-9(13-8)11-4-3-7(14)15/h5H,2-4H2,1H3,(H,14,15)(H,11,12,13). The number of carboxylic acids is 1. The summed E-state index contributed by atoms with van der Waals surface area (Å²) in [5.74, 6) is -0.294. The van der Waals surface area contributed by atoms with Crippen molar-refractivity contribution in [2.24, 2.45) is 0 Å². The van der Waals surface area contributed by atoms with E-state index in [0.717, 1.165) is 0 Å². The molecule has 0 saturated heterocycles. The maximum Gasteiger partial charge on any atom is 0.305 e. The molecular formula is C9H12ClN3O3. The molecule has 0 amide bonds. The van der Waals surface area contributed by atoms with Gasteiger partial charge >= 0.3 is 5.97 Å². The zero-order valence-electron chi connectivity index (χ0n) is 8.73. The van der Waals surface area contributed by atoms with Gasteiger partial charge in [-0.05, 0) is 6.92 Å². The summed E-state index contributed by atoms with van der Waals surface area (Å²) < 4.78 is 5.17. The van der Waals surface area contributed by atoms with Crippen LogP contribution >= 0.6 is 11.6 Å². The minimum absolute atomic E-state index is 0.00401. The molecule has 2 N–H and O–H groups in total. The van der Waals surface area contributed by atoms with Crippen molar-refractivity contribution < 1.29 is 14.6 Å². The van der Waals surface area contributed by atoms with Crippen LogP contribution < -0.4 is 10.1 Å². The van der Waals surface area contributed by atoms with Crippen LogP contribution in [0.5, 0.6) is 5.88 Å². The summed E-state index contributed by atoms with van der Waals surface area (Å²) in [5, 5.41) is 11.5. The molecule has 16 heavy (non-hydrogen) atoms. The van der Waals surface area contributed by atoms with Gasteiger partial charge in [0.15, 0.2) is 0 Å². The number of rotatable bonds is 6. The number of nitrogens with one attached hydrogen (secondary N) is 1. The van der Waals surface area contributed by atoms with Gasteiger partial charge in [-0.1, -0.05) is 11.6 Å². The summed E-state index contributed by atoms with van der Waals surface area (Å²) in [6, 6.07) is 0. The summed E-state index contributed by atoms with van der Waals surface area (Å²) in [4.78, 5) is 18.2. The molecule has 0 aromatic carbocycles. The van der Waals surface area contributed by atoms with Gasteiger partial charge in [0.2, 0.25) is 11.8 Å². The van der Waals surface area contributed by atoms with Crippen molar-refractivity contribution in [3.63, 3.8) is 0 Å². The molecule has 1 rings (SSSR count). The van der Waals surface area contributed by atoms with Gasteiger partial charge in [0.05, 0.1) is 19.2 Å². The molecule has 1 heterocycles. The lowest BCUT2D eigenvalue weighted by Gasteiger charge is -2.07. The number of nitrogens with zero attached hydrogens (tertiary/aromatic N) is 2. The Morgan fingerprint density at radius 1 is 1.69 bits per heavy atom. The molecule has 6 nitrogen and oxygen atoms in total. The quantitative estimate of drug-likeness (QED) is 0.788. The SMILES string of the molecule is CCOc1nc(NCCC(=O)O)ncc1Cl. The van der Waals surface area contributed by atoms with Crippen LogP contribution in [-0.2, 0) is 4.79 Å². The van der Waals surface area contributed by atoms with E-state index in [4.69, 9.17) is 21.4 Å². The molecule has 0 aliphatic carbocycles. The van der Waals surface area contributed by atoms with Gasteiger partial charge < -0.3 is 15.2 Å². The van der Waals surface area contributed by atoms with Gasteiger partial charge in [0, 0.05) is 6.54 Å².